The van der Waals surface area contributed by atoms with Crippen molar-refractivity contribution in [3.8, 4) is 11.5 Å². The lowest BCUT2D eigenvalue weighted by Gasteiger charge is -2.10. The Morgan fingerprint density at radius 1 is 1.08 bits per heavy atom. The van der Waals surface area contributed by atoms with Gasteiger partial charge in [-0.25, -0.2) is 14.2 Å². The molecule has 0 fully saturated rings. The van der Waals surface area contributed by atoms with Gasteiger partial charge < -0.3 is 15.2 Å². The number of anilines is 1. The lowest BCUT2D eigenvalue weighted by Crippen LogP contribution is -1.99. The van der Waals surface area contributed by atoms with Crippen molar-refractivity contribution in [2.24, 2.45) is 4.36 Å². The molecule has 3 aromatic rings. The molecule has 0 aliphatic rings. The Bertz CT molecular complexity index is 1060. The van der Waals surface area contributed by atoms with Gasteiger partial charge in [0.25, 0.3) is 0 Å². The molecule has 1 aromatic heterocycles. The number of nitrogens with two attached hydrogens (primary N) is 1. The normalized spacial score (nSPS) is 13.2. The zero-order valence-corrected chi connectivity index (χ0v) is 14.9. The second kappa shape index (κ2) is 6.56. The smallest absolute Gasteiger partial charge is 0.173 e. The van der Waals surface area contributed by atoms with Crippen molar-refractivity contribution in [1.29, 1.82) is 0 Å². The molecule has 0 aliphatic heterocycles. The molecule has 0 saturated heterocycles. The highest BCUT2D eigenvalue weighted by molar-refractivity contribution is 7.93. The molecule has 1 unspecified atom stereocenters. The van der Waals surface area contributed by atoms with Gasteiger partial charge in [-0.15, -0.1) is 0 Å². The minimum atomic E-state index is -2.73. The Kier molecular flexibility index (Phi) is 4.45. The third-order valence-corrected chi connectivity index (χ3v) is 5.33. The summed E-state index contributed by atoms with van der Waals surface area (Å²) in [5.74, 6) is 1.39. The molecule has 0 bridgehead atoms. The number of methoxy groups -OCH3 is 2. The molecular formula is C17H18N4O3S. The number of fused-ring (bicyclic) bond motifs is 1. The van der Waals surface area contributed by atoms with E-state index in [0.717, 1.165) is 0 Å². The SMILES string of the molecule is COc1cc2ncnc(N=S(C)(=O)c3cccc(N)c3)c2cc1OC. The Balaban J connectivity index is 2.23. The lowest BCUT2D eigenvalue weighted by atomic mass is 10.2. The van der Waals surface area contributed by atoms with E-state index in [2.05, 4.69) is 14.3 Å². The van der Waals surface area contributed by atoms with Gasteiger partial charge in [0.15, 0.2) is 17.3 Å². The Morgan fingerprint density at radius 2 is 1.80 bits per heavy atom. The summed E-state index contributed by atoms with van der Waals surface area (Å²) in [5.41, 5.74) is 6.93. The molecule has 1 heterocycles. The molecule has 0 radical (unpaired) electrons. The summed E-state index contributed by atoms with van der Waals surface area (Å²) >= 11 is 0. The summed E-state index contributed by atoms with van der Waals surface area (Å²) in [5, 5.41) is 0.624. The quantitative estimate of drug-likeness (QED) is 0.720. The van der Waals surface area contributed by atoms with Crippen LogP contribution in [0.2, 0.25) is 0 Å². The van der Waals surface area contributed by atoms with Crippen LogP contribution in [0.4, 0.5) is 11.5 Å². The molecule has 2 aromatic carbocycles. The predicted molar refractivity (Wildman–Crippen MR) is 97.9 cm³/mol. The predicted octanol–water partition coefficient (Wildman–Crippen LogP) is 3.02. The maximum Gasteiger partial charge on any atom is 0.173 e. The molecule has 7 nitrogen and oxygen atoms in total. The first-order valence-corrected chi connectivity index (χ1v) is 9.31. The number of ether oxygens (including phenoxy) is 2. The number of benzene rings is 2. The van der Waals surface area contributed by atoms with Crippen LogP contribution < -0.4 is 15.2 Å². The molecule has 130 valence electrons. The van der Waals surface area contributed by atoms with Crippen LogP contribution in [0.3, 0.4) is 0 Å². The molecule has 2 N–H and O–H groups in total. The number of rotatable bonds is 4. The average molecular weight is 358 g/mol. The summed E-state index contributed by atoms with van der Waals surface area (Å²) in [6, 6.07) is 10.3. The number of aromatic nitrogens is 2. The van der Waals surface area contributed by atoms with Crippen molar-refractivity contribution < 1.29 is 13.7 Å². The van der Waals surface area contributed by atoms with E-state index in [0.29, 0.717) is 38.8 Å². The summed E-state index contributed by atoms with van der Waals surface area (Å²) in [7, 11) is 0.362. The van der Waals surface area contributed by atoms with Crippen LogP contribution in [0.5, 0.6) is 11.5 Å². The van der Waals surface area contributed by atoms with Crippen LogP contribution in [-0.2, 0) is 9.73 Å². The Hall–Kier alpha value is -2.87. The minimum Gasteiger partial charge on any atom is -0.493 e. The van der Waals surface area contributed by atoms with E-state index in [1.165, 1.54) is 6.33 Å². The van der Waals surface area contributed by atoms with Crippen molar-refractivity contribution in [3.63, 3.8) is 0 Å². The molecule has 1 atom stereocenters. The standard InChI is InChI=1S/C17H18N4O3S/c1-23-15-8-13-14(9-16(15)24-2)19-10-20-17(13)21-25(3,22)12-6-4-5-11(18)7-12/h4-10H,18H2,1-3H3. The van der Waals surface area contributed by atoms with Crippen LogP contribution in [-0.4, -0.2) is 34.7 Å². The molecule has 0 aliphatic carbocycles. The van der Waals surface area contributed by atoms with E-state index in [1.54, 1.807) is 56.9 Å². The summed E-state index contributed by atoms with van der Waals surface area (Å²) in [6.45, 7) is 0. The summed E-state index contributed by atoms with van der Waals surface area (Å²) in [4.78, 5) is 8.95. The summed E-state index contributed by atoms with van der Waals surface area (Å²) in [6.07, 6.45) is 2.93. The second-order valence-corrected chi connectivity index (χ2v) is 7.65. The van der Waals surface area contributed by atoms with Gasteiger partial charge in [0.1, 0.15) is 6.33 Å². The van der Waals surface area contributed by atoms with Crippen LogP contribution >= 0.6 is 0 Å². The fraction of sp³-hybridized carbons (Fsp3) is 0.176. The fourth-order valence-corrected chi connectivity index (χ4v) is 3.68. The van der Waals surface area contributed by atoms with E-state index in [-0.39, 0.29) is 0 Å². The van der Waals surface area contributed by atoms with E-state index in [4.69, 9.17) is 15.2 Å². The molecule has 3 rings (SSSR count). The van der Waals surface area contributed by atoms with Crippen molar-refractivity contribution in [2.45, 2.75) is 4.90 Å². The average Bonchev–Trinajstić information content (AvgIpc) is 2.60. The van der Waals surface area contributed by atoms with E-state index in [1.807, 2.05) is 0 Å². The van der Waals surface area contributed by atoms with Crippen LogP contribution in [0.25, 0.3) is 10.9 Å². The minimum absolute atomic E-state index is 0.320. The molecular weight excluding hydrogens is 340 g/mol. The van der Waals surface area contributed by atoms with Crippen LogP contribution in [0.1, 0.15) is 0 Å². The topological polar surface area (TPSA) is 99.7 Å². The van der Waals surface area contributed by atoms with E-state index in [9.17, 15) is 4.21 Å². The number of hydrogen-bond acceptors (Lipinski definition) is 7. The first-order chi connectivity index (χ1) is 11.9. The first-order valence-electron chi connectivity index (χ1n) is 7.39. The number of hydrogen-bond donors (Lipinski definition) is 1. The van der Waals surface area contributed by atoms with Crippen molar-refractivity contribution in [3.05, 3.63) is 42.7 Å². The van der Waals surface area contributed by atoms with Gasteiger partial charge >= 0.3 is 0 Å². The molecule has 0 saturated carbocycles. The van der Waals surface area contributed by atoms with Gasteiger partial charge in [-0.3, -0.25) is 0 Å². The maximum absolute atomic E-state index is 13.1. The van der Waals surface area contributed by atoms with Gasteiger partial charge in [-0.05, 0) is 24.3 Å². The zero-order chi connectivity index (χ0) is 18.0. The first kappa shape index (κ1) is 17.0. The largest absolute Gasteiger partial charge is 0.493 e. The van der Waals surface area contributed by atoms with Crippen molar-refractivity contribution in [2.75, 3.05) is 26.2 Å². The van der Waals surface area contributed by atoms with Gasteiger partial charge in [0, 0.05) is 28.3 Å². The maximum atomic E-state index is 13.1. The van der Waals surface area contributed by atoms with Gasteiger partial charge in [0.05, 0.1) is 29.5 Å². The number of nitrogen functional groups attached to an aromatic ring is 1. The third kappa shape index (κ3) is 3.34. The monoisotopic (exact) mass is 358 g/mol. The molecule has 25 heavy (non-hydrogen) atoms. The Morgan fingerprint density at radius 3 is 2.48 bits per heavy atom. The van der Waals surface area contributed by atoms with Gasteiger partial charge in [-0.1, -0.05) is 6.07 Å². The molecule has 0 amide bonds. The van der Waals surface area contributed by atoms with Crippen molar-refractivity contribution in [1.82, 2.24) is 9.97 Å². The second-order valence-electron chi connectivity index (χ2n) is 5.39. The van der Waals surface area contributed by atoms with Crippen LogP contribution in [0.15, 0.2) is 52.0 Å². The third-order valence-electron chi connectivity index (χ3n) is 3.68. The van der Waals surface area contributed by atoms with Gasteiger partial charge in [-0.2, -0.15) is 4.36 Å². The molecule has 8 heteroatoms. The molecule has 0 spiro atoms. The van der Waals surface area contributed by atoms with Gasteiger partial charge in [0.2, 0.25) is 0 Å². The Labute approximate surface area is 146 Å². The fourth-order valence-electron chi connectivity index (χ4n) is 2.41. The zero-order valence-electron chi connectivity index (χ0n) is 14.1. The number of nitrogens with zero attached hydrogens (tertiary/aromatic N) is 3. The van der Waals surface area contributed by atoms with E-state index < -0.39 is 9.73 Å². The van der Waals surface area contributed by atoms with Crippen molar-refractivity contribution >= 4 is 32.1 Å². The highest BCUT2D eigenvalue weighted by Gasteiger charge is 2.13. The summed E-state index contributed by atoms with van der Waals surface area (Å²) < 4.78 is 28.1. The highest BCUT2D eigenvalue weighted by atomic mass is 32.2. The lowest BCUT2D eigenvalue weighted by molar-refractivity contribution is 0.356. The van der Waals surface area contributed by atoms with E-state index >= 15 is 0 Å². The van der Waals surface area contributed by atoms with Crippen LogP contribution in [0, 0.1) is 0 Å². The highest BCUT2D eigenvalue weighted by Crippen LogP contribution is 2.35.